The lowest BCUT2D eigenvalue weighted by molar-refractivity contribution is -0.139. The third-order valence-electron chi connectivity index (χ3n) is 5.96. The van der Waals surface area contributed by atoms with Gasteiger partial charge < -0.3 is 19.1 Å². The third-order valence-corrected chi connectivity index (χ3v) is 5.96. The second kappa shape index (κ2) is 8.65. The Morgan fingerprint density at radius 2 is 1.97 bits per heavy atom. The molecule has 2 heterocycles. The Morgan fingerprint density at radius 3 is 2.64 bits per heavy atom. The maximum absolute atomic E-state index is 13.5. The largest absolute Gasteiger partial charge is 0.490 e. The molecule has 0 amide bonds. The zero-order valence-corrected chi connectivity index (χ0v) is 18.7. The highest BCUT2D eigenvalue weighted by molar-refractivity contribution is 5.87. The minimum absolute atomic E-state index is 0.0216. The molecule has 176 valence electrons. The van der Waals surface area contributed by atoms with E-state index >= 15 is 0 Å². The van der Waals surface area contributed by atoms with Crippen LogP contribution in [0.4, 0.5) is 13.2 Å². The van der Waals surface area contributed by atoms with E-state index in [0.29, 0.717) is 11.3 Å². The number of ether oxygens (including phenoxy) is 2. The van der Waals surface area contributed by atoms with Gasteiger partial charge in [0.25, 0.3) is 0 Å². The van der Waals surface area contributed by atoms with Crippen LogP contribution in [0.5, 0.6) is 11.5 Å². The van der Waals surface area contributed by atoms with Crippen molar-refractivity contribution in [3.63, 3.8) is 0 Å². The molecule has 3 aromatic rings. The number of carbonyl (C=O) groups is 1. The summed E-state index contributed by atoms with van der Waals surface area (Å²) in [5.74, 6) is -0.491. The van der Waals surface area contributed by atoms with Crippen molar-refractivity contribution < 1.29 is 32.5 Å². The van der Waals surface area contributed by atoms with Gasteiger partial charge in [-0.2, -0.15) is 13.2 Å². The molecule has 0 saturated carbocycles. The quantitative estimate of drug-likeness (QED) is 0.449. The summed E-state index contributed by atoms with van der Waals surface area (Å²) in [6.07, 6.45) is -4.01. The molecule has 0 aliphatic carbocycles. The maximum atomic E-state index is 13.5. The molecule has 4 rings (SSSR count). The van der Waals surface area contributed by atoms with Gasteiger partial charge in [-0.3, -0.25) is 4.79 Å². The van der Waals surface area contributed by atoms with Gasteiger partial charge in [0, 0.05) is 29.1 Å². The van der Waals surface area contributed by atoms with Crippen LogP contribution in [0.15, 0.2) is 36.4 Å². The first-order valence-corrected chi connectivity index (χ1v) is 10.9. The van der Waals surface area contributed by atoms with Crippen LogP contribution in [0.2, 0.25) is 0 Å². The Labute approximate surface area is 189 Å². The number of aryl methyl sites for hydroxylation is 2. The molecule has 0 spiro atoms. The van der Waals surface area contributed by atoms with Crippen molar-refractivity contribution in [1.29, 1.82) is 0 Å². The molecule has 0 fully saturated rings. The molecule has 0 unspecified atom stereocenters. The van der Waals surface area contributed by atoms with Crippen molar-refractivity contribution in [3.05, 3.63) is 58.8 Å². The maximum Gasteiger partial charge on any atom is 0.419 e. The fraction of sp³-hybridized carbons (Fsp3) is 0.400. The number of fused-ring (bicyclic) bond motifs is 3. The standard InChI is InChI=1S/C25H26F3NO4/c1-14(2)33-22-7-4-16(10-20(22)25(26,27)28)13-32-18-5-6-21-19(12-18)15(3)24-17(11-23(30)31)8-9-29(21)24/h4-7,10,12,14,17H,8-9,11,13H2,1-3H3,(H,30,31)/t17-/m1/s1. The molecule has 1 aromatic heterocycles. The van der Waals surface area contributed by atoms with Gasteiger partial charge in [0.1, 0.15) is 18.1 Å². The van der Waals surface area contributed by atoms with Crippen LogP contribution in [0.25, 0.3) is 10.9 Å². The average Bonchev–Trinajstić information content (AvgIpc) is 3.25. The molecule has 33 heavy (non-hydrogen) atoms. The minimum Gasteiger partial charge on any atom is -0.490 e. The van der Waals surface area contributed by atoms with Gasteiger partial charge in [-0.1, -0.05) is 6.07 Å². The first kappa shape index (κ1) is 23.0. The van der Waals surface area contributed by atoms with Crippen LogP contribution in [0.3, 0.4) is 0 Å². The number of hydrogen-bond acceptors (Lipinski definition) is 3. The summed E-state index contributed by atoms with van der Waals surface area (Å²) in [6.45, 7) is 6.07. The predicted molar refractivity (Wildman–Crippen MR) is 118 cm³/mol. The lowest BCUT2D eigenvalue weighted by atomic mass is 9.97. The van der Waals surface area contributed by atoms with Crippen LogP contribution in [0, 0.1) is 6.92 Å². The Balaban J connectivity index is 1.57. The van der Waals surface area contributed by atoms with Crippen molar-refractivity contribution in [1.82, 2.24) is 4.57 Å². The third kappa shape index (κ3) is 4.65. The monoisotopic (exact) mass is 461 g/mol. The molecule has 8 heteroatoms. The lowest BCUT2D eigenvalue weighted by Gasteiger charge is -2.17. The summed E-state index contributed by atoms with van der Waals surface area (Å²) >= 11 is 0. The molecule has 1 aliphatic heterocycles. The van der Waals surface area contributed by atoms with E-state index in [4.69, 9.17) is 9.47 Å². The summed E-state index contributed by atoms with van der Waals surface area (Å²) in [5.41, 5.74) is 2.64. The summed E-state index contributed by atoms with van der Waals surface area (Å²) < 4.78 is 53.8. The molecular formula is C25H26F3NO4. The van der Waals surface area contributed by atoms with Crippen LogP contribution in [0.1, 0.15) is 55.0 Å². The van der Waals surface area contributed by atoms with E-state index in [-0.39, 0.29) is 30.8 Å². The van der Waals surface area contributed by atoms with E-state index in [9.17, 15) is 23.1 Å². The van der Waals surface area contributed by atoms with Gasteiger partial charge >= 0.3 is 12.1 Å². The van der Waals surface area contributed by atoms with Gasteiger partial charge in [-0.25, -0.2) is 0 Å². The highest BCUT2D eigenvalue weighted by Gasteiger charge is 2.35. The summed E-state index contributed by atoms with van der Waals surface area (Å²) in [6, 6.07) is 9.54. The zero-order chi connectivity index (χ0) is 23.9. The molecule has 1 aliphatic rings. The molecule has 1 N–H and O–H groups in total. The van der Waals surface area contributed by atoms with Crippen molar-refractivity contribution >= 4 is 16.9 Å². The van der Waals surface area contributed by atoms with Crippen LogP contribution in [-0.4, -0.2) is 21.7 Å². The van der Waals surface area contributed by atoms with Crippen molar-refractivity contribution in [3.8, 4) is 11.5 Å². The van der Waals surface area contributed by atoms with E-state index in [1.165, 1.54) is 6.07 Å². The normalized spacial score (nSPS) is 15.8. The van der Waals surface area contributed by atoms with Gasteiger partial charge in [-0.15, -0.1) is 0 Å². The smallest absolute Gasteiger partial charge is 0.419 e. The highest BCUT2D eigenvalue weighted by atomic mass is 19.4. The highest BCUT2D eigenvalue weighted by Crippen LogP contribution is 2.41. The van der Waals surface area contributed by atoms with Gasteiger partial charge in [0.05, 0.1) is 18.1 Å². The first-order valence-electron chi connectivity index (χ1n) is 10.9. The fourth-order valence-corrected chi connectivity index (χ4v) is 4.62. The number of hydrogen-bond donors (Lipinski definition) is 1. The number of benzene rings is 2. The van der Waals surface area contributed by atoms with Crippen molar-refractivity contribution in [2.75, 3.05) is 0 Å². The van der Waals surface area contributed by atoms with E-state index in [1.807, 2.05) is 19.1 Å². The number of nitrogens with zero attached hydrogens (tertiary/aromatic N) is 1. The van der Waals surface area contributed by atoms with Gasteiger partial charge in [-0.05, 0) is 68.7 Å². The summed E-state index contributed by atoms with van der Waals surface area (Å²) in [7, 11) is 0. The molecule has 2 aromatic carbocycles. The SMILES string of the molecule is Cc1c2n(c3ccc(OCc4ccc(OC(C)C)c(C(F)(F)F)c4)cc13)CC[C@@H]2CC(=O)O. The summed E-state index contributed by atoms with van der Waals surface area (Å²) in [5, 5.41) is 10.2. The van der Waals surface area contributed by atoms with Gasteiger partial charge in [0.15, 0.2) is 0 Å². The molecule has 0 saturated heterocycles. The molecule has 1 atom stereocenters. The van der Waals surface area contributed by atoms with E-state index < -0.39 is 17.7 Å². The molecular weight excluding hydrogens is 435 g/mol. The Hall–Kier alpha value is -3.16. The van der Waals surface area contributed by atoms with Crippen LogP contribution >= 0.6 is 0 Å². The van der Waals surface area contributed by atoms with E-state index in [1.54, 1.807) is 26.0 Å². The number of aromatic nitrogens is 1. The second-order valence-corrected chi connectivity index (χ2v) is 8.71. The number of carboxylic acid groups (broad SMARTS) is 1. The van der Waals surface area contributed by atoms with E-state index in [2.05, 4.69) is 4.57 Å². The molecule has 0 bridgehead atoms. The number of aliphatic carboxylic acids is 1. The number of halogens is 3. The molecule has 5 nitrogen and oxygen atoms in total. The Bertz CT molecular complexity index is 1200. The second-order valence-electron chi connectivity index (χ2n) is 8.71. The lowest BCUT2D eigenvalue weighted by Crippen LogP contribution is -2.13. The number of rotatable bonds is 7. The Morgan fingerprint density at radius 1 is 1.21 bits per heavy atom. The van der Waals surface area contributed by atoms with Crippen molar-refractivity contribution in [2.45, 2.75) is 65.0 Å². The number of carboxylic acids is 1. The van der Waals surface area contributed by atoms with Crippen molar-refractivity contribution in [2.24, 2.45) is 0 Å². The topological polar surface area (TPSA) is 60.7 Å². The zero-order valence-electron chi connectivity index (χ0n) is 18.7. The average molecular weight is 461 g/mol. The first-order chi connectivity index (χ1) is 15.5. The predicted octanol–water partition coefficient (Wildman–Crippen LogP) is 6.30. The Kier molecular flexibility index (Phi) is 6.03. The number of alkyl halides is 3. The van der Waals surface area contributed by atoms with Crippen LogP contribution < -0.4 is 9.47 Å². The van der Waals surface area contributed by atoms with Crippen LogP contribution in [-0.2, 0) is 24.1 Å². The summed E-state index contributed by atoms with van der Waals surface area (Å²) in [4.78, 5) is 11.2. The van der Waals surface area contributed by atoms with E-state index in [0.717, 1.165) is 41.2 Å². The molecule has 0 radical (unpaired) electrons. The minimum atomic E-state index is -4.53. The van der Waals surface area contributed by atoms with Gasteiger partial charge in [0.2, 0.25) is 0 Å². The fourth-order valence-electron chi connectivity index (χ4n) is 4.62.